The summed E-state index contributed by atoms with van der Waals surface area (Å²) in [5, 5.41) is 20.4. The Morgan fingerprint density at radius 3 is 1.21 bits per heavy atom. The molecule has 0 aromatic heterocycles. The molecule has 1 aliphatic rings. The number of aryl methyl sites for hydroxylation is 3. The summed E-state index contributed by atoms with van der Waals surface area (Å²) in [4.78, 5) is 70.9. The van der Waals surface area contributed by atoms with Gasteiger partial charge in [0, 0.05) is 118 Å². The summed E-state index contributed by atoms with van der Waals surface area (Å²) < 4.78 is 18.5. The first-order valence-corrected chi connectivity index (χ1v) is 27.7. The number of nitrogens with one attached hydrogen (secondary N) is 2. The van der Waals surface area contributed by atoms with Crippen LogP contribution in [0.5, 0.6) is 11.5 Å². The van der Waals surface area contributed by atoms with Crippen molar-refractivity contribution < 1.29 is 123 Å². The molecule has 20 heteroatoms. The van der Waals surface area contributed by atoms with Gasteiger partial charge in [-0.3, -0.25) is 19.2 Å². The number of carbonyl (C=O) groups is 7. The molecule has 0 bridgehead atoms. The van der Waals surface area contributed by atoms with Crippen molar-refractivity contribution in [2.75, 3.05) is 28.3 Å². The van der Waals surface area contributed by atoms with Crippen LogP contribution in [0.15, 0.2) is 138 Å². The maximum absolute atomic E-state index is 11.4. The van der Waals surface area contributed by atoms with Crippen molar-refractivity contribution in [1.29, 1.82) is 0 Å². The molecule has 2 amide bonds. The summed E-state index contributed by atoms with van der Waals surface area (Å²) in [6.07, 6.45) is 5.95. The van der Waals surface area contributed by atoms with Crippen LogP contribution in [-0.4, -0.2) is 87.3 Å². The van der Waals surface area contributed by atoms with Gasteiger partial charge in [-0.2, -0.15) is 10.2 Å². The molecule has 5 rings (SSSR count). The SMILES string of the molecule is C.C.C=C(C)C(=O)Oc1ccc(N=Nc2ccc(OC(=O)C(=C)C)cc2)cc1.C=S.C=S.CC.CC.CC(=O)O.CCC1C(C)CC(C)C1C.CNC(C)=O.CNC(C)=O.COC(=O)/C=C/c1ccccc1.COC=O.Cc1ccc(C)c(C)c1.[Y].[Y]. The van der Waals surface area contributed by atoms with E-state index in [1.165, 1.54) is 63.7 Å². The second kappa shape index (κ2) is 72.9. The van der Waals surface area contributed by atoms with Crippen molar-refractivity contribution in [2.45, 2.75) is 138 Å². The van der Waals surface area contributed by atoms with E-state index in [1.54, 1.807) is 82.5 Å². The van der Waals surface area contributed by atoms with Crippen LogP contribution in [-0.2, 0) is 108 Å². The number of aliphatic carboxylic acids is 1. The molecule has 4 aromatic rings. The third-order valence-electron chi connectivity index (χ3n) is 10.5. The predicted molar refractivity (Wildman–Crippen MR) is 363 cm³/mol. The first kappa shape index (κ1) is 106. The molecular weight excluding hydrogens is 1290 g/mol. The molecule has 3 N–H and O–H groups in total. The minimum atomic E-state index is -0.833. The Kier molecular flexibility index (Phi) is 88.9. The topological polar surface area (TPSA) is 225 Å². The Balaban J connectivity index is -0.0000000899. The minimum Gasteiger partial charge on any atom is -0.481 e. The molecule has 1 fully saturated rings. The van der Waals surface area contributed by atoms with E-state index in [4.69, 9.17) is 24.2 Å². The number of rotatable bonds is 10. The maximum atomic E-state index is 11.4. The third-order valence-corrected chi connectivity index (χ3v) is 10.5. The normalized spacial score (nSPS) is 12.6. The van der Waals surface area contributed by atoms with Gasteiger partial charge in [-0.1, -0.05) is 168 Å². The average molecular weight is 1400 g/mol. The van der Waals surface area contributed by atoms with Gasteiger partial charge in [0.25, 0.3) is 12.4 Å². The molecule has 0 heterocycles. The van der Waals surface area contributed by atoms with Gasteiger partial charge in [0.05, 0.1) is 25.6 Å². The van der Waals surface area contributed by atoms with Crippen LogP contribution in [0.25, 0.3) is 6.08 Å². The number of amides is 2. The van der Waals surface area contributed by atoms with Crippen molar-refractivity contribution in [3.8, 4) is 11.5 Å². The van der Waals surface area contributed by atoms with E-state index >= 15 is 0 Å². The molecule has 1 aliphatic carbocycles. The van der Waals surface area contributed by atoms with Gasteiger partial charge in [0.15, 0.2) is 0 Å². The summed E-state index contributed by atoms with van der Waals surface area (Å²) in [5.74, 6) is 8.29. The maximum Gasteiger partial charge on any atom is 0.338 e. The van der Waals surface area contributed by atoms with Crippen LogP contribution in [0.4, 0.5) is 11.4 Å². The van der Waals surface area contributed by atoms with Gasteiger partial charge in [0.1, 0.15) is 11.5 Å². The van der Waals surface area contributed by atoms with Gasteiger partial charge < -0.3 is 34.7 Å². The number of benzene rings is 4. The van der Waals surface area contributed by atoms with E-state index in [9.17, 15) is 24.0 Å². The molecule has 4 unspecified atom stereocenters. The minimum absolute atomic E-state index is 0. The van der Waals surface area contributed by atoms with Crippen LogP contribution in [0.2, 0.25) is 0 Å². The monoisotopic (exact) mass is 1400 g/mol. The first-order chi connectivity index (χ1) is 39.2. The van der Waals surface area contributed by atoms with Gasteiger partial charge in [0.2, 0.25) is 11.8 Å². The molecule has 0 saturated heterocycles. The summed E-state index contributed by atoms with van der Waals surface area (Å²) in [5.41, 5.74) is 6.93. The molecule has 1 saturated carbocycles. The Bertz CT molecular complexity index is 2370. The number of carboxylic acid groups (broad SMARTS) is 1. The zero-order chi connectivity index (χ0) is 66.1. The molecule has 16 nitrogen and oxygen atoms in total. The summed E-state index contributed by atoms with van der Waals surface area (Å²) in [7, 11) is 5.87. The van der Waals surface area contributed by atoms with E-state index in [0.717, 1.165) is 36.2 Å². The standard InChI is InChI=1S/C20H18N2O4.C10H10O2.C10H20.C9H12.2C3H7NO.2C2H4O2.2C2H6.2CH2S.2CH4.2Y/c1-13(2)19(23)25-17-9-5-15(6-10-17)21-22-16-7-11-18(12-8-16)26-20(24)14(3)4;1-12-10(11)8-7-9-5-3-2-4-6-9;1-5-10-8(3)6-7(2)9(10)4;1-7-4-5-8(2)9(3)6-7;2*1-3(5)4-2;1-4-2-3;1-2(3)4;4*1-2;;;;/h5-12H,1,3H2,2,4H3;2-8H,1H3;7-10H,5-6H2,1-4H3;4-6H,1-3H3;2*1-2H3,(H,4,5);2H,1H3;1H3,(H,3,4);2*1-2H3;2*1H2;2*1H4;;/b;8-7+;;;;;;;;;;;;;;. The fourth-order valence-electron chi connectivity index (χ4n) is 6.04. The first-order valence-electron chi connectivity index (χ1n) is 26.6. The number of thiocarbonyl (C=S) groups is 2. The van der Waals surface area contributed by atoms with Crippen LogP contribution >= 0.6 is 24.4 Å². The zero-order valence-corrected chi connectivity index (χ0v) is 61.6. The average Bonchev–Trinajstić information content (AvgIpc) is 3.86. The van der Waals surface area contributed by atoms with E-state index in [2.05, 4.69) is 146 Å². The van der Waals surface area contributed by atoms with Crippen molar-refractivity contribution in [3.05, 3.63) is 150 Å². The van der Waals surface area contributed by atoms with Crippen LogP contribution in [0, 0.1) is 44.4 Å². The number of methoxy groups -OCH3 is 2. The van der Waals surface area contributed by atoms with Gasteiger partial charge in [-0.05, 0) is 148 Å². The van der Waals surface area contributed by atoms with E-state index < -0.39 is 17.9 Å². The van der Waals surface area contributed by atoms with Gasteiger partial charge in [-0.15, -0.1) is 0 Å². The fraction of sp³-hybridized carbons (Fsp3) is 0.418. The molecule has 2 radical (unpaired) electrons. The summed E-state index contributed by atoms with van der Waals surface area (Å²) >= 11 is 7.67. The van der Waals surface area contributed by atoms with Crippen molar-refractivity contribution in [1.82, 2.24) is 10.6 Å². The third kappa shape index (κ3) is 66.2. The number of esters is 3. The Labute approximate surface area is 586 Å². The number of hydrogen-bond donors (Lipinski definition) is 3. The molecule has 0 spiro atoms. The fourth-order valence-corrected chi connectivity index (χ4v) is 6.04. The number of azo groups is 1. The van der Waals surface area contributed by atoms with Crippen molar-refractivity contribution >= 4 is 95.8 Å². The van der Waals surface area contributed by atoms with Crippen LogP contribution < -0.4 is 20.1 Å². The smallest absolute Gasteiger partial charge is 0.338 e. The van der Waals surface area contributed by atoms with Crippen molar-refractivity contribution in [3.63, 3.8) is 0 Å². The summed E-state index contributed by atoms with van der Waals surface area (Å²) in [6.45, 7) is 38.6. The zero-order valence-electron chi connectivity index (χ0n) is 54.3. The van der Waals surface area contributed by atoms with E-state index in [0.29, 0.717) is 40.5 Å². The molecule has 0 aliphatic heterocycles. The number of nitrogens with zero attached hydrogens (tertiary/aromatic N) is 2. The van der Waals surface area contributed by atoms with E-state index in [1.807, 2.05) is 58.0 Å². The largest absolute Gasteiger partial charge is 0.481 e. The number of ether oxygens (including phenoxy) is 4. The van der Waals surface area contributed by atoms with Gasteiger partial charge >= 0.3 is 17.9 Å². The molecular formula is C67H106N4O12S2Y2. The quantitative estimate of drug-likeness (QED) is 0.0335. The molecule has 87 heavy (non-hydrogen) atoms. The van der Waals surface area contributed by atoms with Crippen molar-refractivity contribution in [2.24, 2.45) is 33.9 Å². The molecule has 484 valence electrons. The van der Waals surface area contributed by atoms with Crippen LogP contribution in [0.1, 0.15) is 140 Å². The number of carbonyl (C=O) groups excluding carboxylic acids is 6. The molecule has 4 atom stereocenters. The van der Waals surface area contributed by atoms with Crippen LogP contribution in [0.3, 0.4) is 0 Å². The Hall–Kier alpha value is -5.62. The Morgan fingerprint density at radius 2 is 0.977 bits per heavy atom. The predicted octanol–water partition coefficient (Wildman–Crippen LogP) is 16.8. The second-order valence-electron chi connectivity index (χ2n) is 17.0. The number of carboxylic acids is 1. The van der Waals surface area contributed by atoms with Gasteiger partial charge in [-0.25, -0.2) is 14.4 Å². The molecule has 4 aromatic carbocycles. The summed E-state index contributed by atoms with van der Waals surface area (Å²) in [6, 6.07) is 29.3. The van der Waals surface area contributed by atoms with E-state index in [-0.39, 0.29) is 98.1 Å². The second-order valence-corrected chi connectivity index (χ2v) is 17.0. The Morgan fingerprint density at radius 1 is 0.632 bits per heavy atom. The number of hydrogen-bond acceptors (Lipinski definition) is 15.